The minimum atomic E-state index is 0.647. The molecule has 108 valence electrons. The molecule has 2 aliphatic rings. The lowest BCUT2D eigenvalue weighted by atomic mass is 9.90. The number of benzene rings is 1. The van der Waals surface area contributed by atoms with Gasteiger partial charge in [-0.15, -0.1) is 0 Å². The summed E-state index contributed by atoms with van der Waals surface area (Å²) < 4.78 is 5.27. The third-order valence-electron chi connectivity index (χ3n) is 4.72. The fraction of sp³-hybridized carbons (Fsp3) is 0.389. The number of nitrogens with two attached hydrogens (primary N) is 1. The number of rotatable bonds is 3. The summed E-state index contributed by atoms with van der Waals surface area (Å²) in [6.45, 7) is 0. The van der Waals surface area contributed by atoms with E-state index in [-0.39, 0.29) is 0 Å². The van der Waals surface area contributed by atoms with E-state index < -0.39 is 0 Å². The molecule has 0 spiro atoms. The molecule has 0 bridgehead atoms. The molecule has 3 heteroatoms. The van der Waals surface area contributed by atoms with Crippen molar-refractivity contribution in [2.75, 3.05) is 12.8 Å². The number of hydrogen-bond donors (Lipinski definition) is 1. The van der Waals surface area contributed by atoms with Crippen molar-refractivity contribution in [2.45, 2.75) is 38.0 Å². The maximum Gasteiger partial charge on any atom is 0.213 e. The molecule has 3 nitrogen and oxygen atoms in total. The van der Waals surface area contributed by atoms with E-state index in [1.807, 2.05) is 12.1 Å². The highest BCUT2D eigenvalue weighted by molar-refractivity contribution is 5.84. The average molecular weight is 280 g/mol. The Morgan fingerprint density at radius 3 is 2.86 bits per heavy atom. The number of nitrogens with zero attached hydrogens (tertiary/aromatic N) is 1. The summed E-state index contributed by atoms with van der Waals surface area (Å²) >= 11 is 0. The summed E-state index contributed by atoms with van der Waals surface area (Å²) in [6.07, 6.45) is 7.89. The lowest BCUT2D eigenvalue weighted by Crippen LogP contribution is -2.02. The van der Waals surface area contributed by atoms with Crippen LogP contribution in [0.4, 0.5) is 5.69 Å². The van der Waals surface area contributed by atoms with Crippen LogP contribution in [0.3, 0.4) is 0 Å². The first kappa shape index (κ1) is 12.7. The Hall–Kier alpha value is -2.03. The lowest BCUT2D eigenvalue weighted by molar-refractivity contribution is 0.398. The van der Waals surface area contributed by atoms with Gasteiger partial charge in [-0.05, 0) is 66.3 Å². The number of methoxy groups -OCH3 is 1. The topological polar surface area (TPSA) is 48.1 Å². The zero-order valence-electron chi connectivity index (χ0n) is 12.4. The molecule has 0 aliphatic heterocycles. The Labute approximate surface area is 125 Å². The molecule has 4 rings (SSSR count). The molecule has 1 saturated carbocycles. The quantitative estimate of drug-likeness (QED) is 0.872. The van der Waals surface area contributed by atoms with E-state index >= 15 is 0 Å². The summed E-state index contributed by atoms with van der Waals surface area (Å²) in [4.78, 5) is 4.21. The number of pyridine rings is 1. The standard InChI is InChI=1S/C18H20N2O/c1-21-16-10-13(7-8-20-16)17-15(11-5-6-11)9-12-3-2-4-14(12)18(17)19/h7-11H,2-6,19H2,1H3. The Bertz CT molecular complexity index is 705. The zero-order valence-corrected chi connectivity index (χ0v) is 12.4. The number of hydrogen-bond acceptors (Lipinski definition) is 3. The molecule has 0 atom stereocenters. The van der Waals surface area contributed by atoms with Crippen LogP contribution < -0.4 is 10.5 Å². The van der Waals surface area contributed by atoms with Gasteiger partial charge in [-0.3, -0.25) is 0 Å². The van der Waals surface area contributed by atoms with E-state index in [9.17, 15) is 0 Å². The molecule has 0 radical (unpaired) electrons. The van der Waals surface area contributed by atoms with Gasteiger partial charge >= 0.3 is 0 Å². The van der Waals surface area contributed by atoms with E-state index in [4.69, 9.17) is 10.5 Å². The smallest absolute Gasteiger partial charge is 0.213 e. The van der Waals surface area contributed by atoms with Crippen LogP contribution in [0.1, 0.15) is 41.9 Å². The van der Waals surface area contributed by atoms with E-state index in [0.717, 1.165) is 17.7 Å². The number of anilines is 1. The molecule has 0 amide bonds. The molecule has 2 aromatic rings. The Balaban J connectivity index is 1.94. The van der Waals surface area contributed by atoms with Gasteiger partial charge in [0.1, 0.15) is 0 Å². The first-order chi connectivity index (χ1) is 10.3. The Morgan fingerprint density at radius 2 is 2.10 bits per heavy atom. The summed E-state index contributed by atoms with van der Waals surface area (Å²) in [6, 6.07) is 6.46. The van der Waals surface area contributed by atoms with Crippen LogP contribution in [0, 0.1) is 0 Å². The Morgan fingerprint density at radius 1 is 1.24 bits per heavy atom. The summed E-state index contributed by atoms with van der Waals surface area (Å²) in [5, 5.41) is 0. The van der Waals surface area contributed by atoms with Crippen LogP contribution in [0.5, 0.6) is 5.88 Å². The molecule has 21 heavy (non-hydrogen) atoms. The molecule has 2 N–H and O–H groups in total. The van der Waals surface area contributed by atoms with Crippen LogP contribution in [0.25, 0.3) is 11.1 Å². The molecular formula is C18H20N2O. The van der Waals surface area contributed by atoms with Gasteiger partial charge in [0, 0.05) is 23.5 Å². The molecule has 1 heterocycles. The minimum Gasteiger partial charge on any atom is -0.481 e. The first-order valence-electron chi connectivity index (χ1n) is 7.72. The monoisotopic (exact) mass is 280 g/mol. The van der Waals surface area contributed by atoms with Gasteiger partial charge in [0.2, 0.25) is 5.88 Å². The zero-order chi connectivity index (χ0) is 14.4. The highest BCUT2D eigenvalue weighted by atomic mass is 16.5. The summed E-state index contributed by atoms with van der Waals surface area (Å²) in [7, 11) is 1.65. The van der Waals surface area contributed by atoms with Gasteiger partial charge in [0.25, 0.3) is 0 Å². The molecule has 1 aromatic heterocycles. The van der Waals surface area contributed by atoms with Gasteiger partial charge < -0.3 is 10.5 Å². The molecule has 1 aromatic carbocycles. The number of ether oxygens (including phenoxy) is 1. The van der Waals surface area contributed by atoms with Crippen LogP contribution in [-0.2, 0) is 12.8 Å². The molecule has 2 aliphatic carbocycles. The number of fused-ring (bicyclic) bond motifs is 1. The predicted octanol–water partition coefficient (Wildman–Crippen LogP) is 3.71. The van der Waals surface area contributed by atoms with Crippen molar-refractivity contribution < 1.29 is 4.74 Å². The highest BCUT2D eigenvalue weighted by Crippen LogP contribution is 2.49. The van der Waals surface area contributed by atoms with Crippen LogP contribution in [-0.4, -0.2) is 12.1 Å². The van der Waals surface area contributed by atoms with Crippen molar-refractivity contribution in [1.82, 2.24) is 4.98 Å². The van der Waals surface area contributed by atoms with Gasteiger partial charge in [0.15, 0.2) is 0 Å². The van der Waals surface area contributed by atoms with E-state index in [1.54, 1.807) is 13.3 Å². The van der Waals surface area contributed by atoms with Crippen molar-refractivity contribution >= 4 is 5.69 Å². The van der Waals surface area contributed by atoms with Crippen molar-refractivity contribution in [2.24, 2.45) is 0 Å². The van der Waals surface area contributed by atoms with E-state index in [0.29, 0.717) is 11.8 Å². The van der Waals surface area contributed by atoms with Crippen LogP contribution >= 0.6 is 0 Å². The molecule has 0 saturated heterocycles. The fourth-order valence-corrected chi connectivity index (χ4v) is 3.52. The maximum absolute atomic E-state index is 6.56. The summed E-state index contributed by atoms with van der Waals surface area (Å²) in [5.74, 6) is 1.33. The number of aromatic nitrogens is 1. The molecule has 1 fully saturated rings. The highest BCUT2D eigenvalue weighted by Gasteiger charge is 2.30. The lowest BCUT2D eigenvalue weighted by Gasteiger charge is -2.17. The van der Waals surface area contributed by atoms with Crippen LogP contribution in [0.15, 0.2) is 24.4 Å². The van der Waals surface area contributed by atoms with Crippen molar-refractivity contribution in [3.8, 4) is 17.0 Å². The first-order valence-corrected chi connectivity index (χ1v) is 7.72. The fourth-order valence-electron chi connectivity index (χ4n) is 3.52. The largest absolute Gasteiger partial charge is 0.481 e. The van der Waals surface area contributed by atoms with Gasteiger partial charge in [-0.1, -0.05) is 6.07 Å². The molecule has 0 unspecified atom stereocenters. The second-order valence-electron chi connectivity index (χ2n) is 6.11. The third kappa shape index (κ3) is 2.08. The maximum atomic E-state index is 6.56. The van der Waals surface area contributed by atoms with Crippen molar-refractivity contribution in [1.29, 1.82) is 0 Å². The van der Waals surface area contributed by atoms with Crippen LogP contribution in [0.2, 0.25) is 0 Å². The third-order valence-corrected chi connectivity index (χ3v) is 4.72. The van der Waals surface area contributed by atoms with Crippen molar-refractivity contribution in [3.63, 3.8) is 0 Å². The Kier molecular flexibility index (Phi) is 2.88. The van der Waals surface area contributed by atoms with E-state index in [2.05, 4.69) is 11.1 Å². The average Bonchev–Trinajstić information content (AvgIpc) is 3.25. The SMILES string of the molecule is COc1cc(-c2c(C3CC3)cc3c(c2N)CCC3)ccn1. The second kappa shape index (κ2) is 4.76. The number of nitrogen functional groups attached to an aromatic ring is 1. The normalized spacial score (nSPS) is 16.8. The predicted molar refractivity (Wildman–Crippen MR) is 84.6 cm³/mol. The van der Waals surface area contributed by atoms with Gasteiger partial charge in [0.05, 0.1) is 7.11 Å². The van der Waals surface area contributed by atoms with Gasteiger partial charge in [-0.25, -0.2) is 4.98 Å². The second-order valence-corrected chi connectivity index (χ2v) is 6.11. The molecular weight excluding hydrogens is 260 g/mol. The minimum absolute atomic E-state index is 0.647. The summed E-state index contributed by atoms with van der Waals surface area (Å²) in [5.41, 5.74) is 14.2. The number of aryl methyl sites for hydroxylation is 1. The van der Waals surface area contributed by atoms with Crippen molar-refractivity contribution in [3.05, 3.63) is 41.1 Å². The van der Waals surface area contributed by atoms with Gasteiger partial charge in [-0.2, -0.15) is 0 Å². The van der Waals surface area contributed by atoms with E-state index in [1.165, 1.54) is 47.9 Å².